The Morgan fingerprint density at radius 3 is 2.50 bits per heavy atom. The summed E-state index contributed by atoms with van der Waals surface area (Å²) in [5.74, 6) is -0.928. The Kier molecular flexibility index (Phi) is 2.93. The van der Waals surface area contributed by atoms with Crippen molar-refractivity contribution in [2.45, 2.75) is 12.8 Å². The fourth-order valence-electron chi connectivity index (χ4n) is 3.19. The van der Waals surface area contributed by atoms with Gasteiger partial charge in [0.05, 0.1) is 5.56 Å². The first kappa shape index (κ1) is 13.0. The third kappa shape index (κ3) is 1.98. The molecule has 0 saturated carbocycles. The van der Waals surface area contributed by atoms with E-state index in [0.29, 0.717) is 0 Å². The number of amides is 1. The van der Waals surface area contributed by atoms with Crippen molar-refractivity contribution in [3.8, 4) is 0 Å². The van der Waals surface area contributed by atoms with Gasteiger partial charge in [-0.15, -0.1) is 0 Å². The summed E-state index contributed by atoms with van der Waals surface area (Å²) in [5.41, 5.74) is 3.42. The number of anilines is 1. The first-order valence-electron chi connectivity index (χ1n) is 7.33. The van der Waals surface area contributed by atoms with Gasteiger partial charge in [-0.3, -0.25) is 4.79 Å². The molecule has 3 aromatic rings. The Morgan fingerprint density at radius 1 is 0.909 bits per heavy atom. The summed E-state index contributed by atoms with van der Waals surface area (Å²) < 4.78 is 13.7. The van der Waals surface area contributed by atoms with Crippen LogP contribution in [-0.4, -0.2) is 5.91 Å². The molecule has 0 aliphatic heterocycles. The minimum atomic E-state index is -0.508. The average molecular weight is 291 g/mol. The van der Waals surface area contributed by atoms with Crippen LogP contribution in [0.1, 0.15) is 21.5 Å². The van der Waals surface area contributed by atoms with Gasteiger partial charge in [-0.2, -0.15) is 0 Å². The molecule has 2 nitrogen and oxygen atoms in total. The van der Waals surface area contributed by atoms with Crippen LogP contribution < -0.4 is 5.32 Å². The lowest BCUT2D eigenvalue weighted by atomic mass is 10.0. The lowest BCUT2D eigenvalue weighted by Crippen LogP contribution is -2.13. The number of hydrogen-bond donors (Lipinski definition) is 1. The van der Waals surface area contributed by atoms with Gasteiger partial charge in [0.1, 0.15) is 5.82 Å². The van der Waals surface area contributed by atoms with Crippen LogP contribution in [0.4, 0.5) is 10.1 Å². The summed E-state index contributed by atoms with van der Waals surface area (Å²) in [6.07, 6.45) is 2.08. The predicted molar refractivity (Wildman–Crippen MR) is 85.7 cm³/mol. The van der Waals surface area contributed by atoms with Crippen molar-refractivity contribution >= 4 is 22.4 Å². The van der Waals surface area contributed by atoms with Crippen molar-refractivity contribution in [2.24, 2.45) is 0 Å². The van der Waals surface area contributed by atoms with Gasteiger partial charge in [-0.05, 0) is 47.6 Å². The maximum atomic E-state index is 13.7. The van der Waals surface area contributed by atoms with Crippen molar-refractivity contribution in [3.63, 3.8) is 0 Å². The summed E-state index contributed by atoms with van der Waals surface area (Å²) in [6.45, 7) is 0. The predicted octanol–water partition coefficient (Wildman–Crippen LogP) is 4.33. The molecule has 4 rings (SSSR count). The quantitative estimate of drug-likeness (QED) is 0.748. The highest BCUT2D eigenvalue weighted by Crippen LogP contribution is 2.35. The molecule has 3 heteroatoms. The molecule has 0 spiro atoms. The maximum Gasteiger partial charge on any atom is 0.258 e. The second-order valence-corrected chi connectivity index (χ2v) is 5.55. The number of nitrogens with one attached hydrogen (secondary N) is 1. The summed E-state index contributed by atoms with van der Waals surface area (Å²) in [5, 5.41) is 5.10. The normalized spacial score (nSPS) is 12.6. The number of halogens is 1. The molecular weight excluding hydrogens is 277 g/mol. The first-order valence-corrected chi connectivity index (χ1v) is 7.33. The fraction of sp³-hybridized carbons (Fsp3) is 0.105. The van der Waals surface area contributed by atoms with Gasteiger partial charge >= 0.3 is 0 Å². The van der Waals surface area contributed by atoms with Gasteiger partial charge in [-0.1, -0.05) is 36.4 Å². The van der Waals surface area contributed by atoms with E-state index in [1.54, 1.807) is 12.1 Å². The maximum absolute atomic E-state index is 13.7. The number of carbonyl (C=O) groups is 1. The summed E-state index contributed by atoms with van der Waals surface area (Å²) >= 11 is 0. The number of aryl methyl sites for hydroxylation is 2. The lowest BCUT2D eigenvalue weighted by Gasteiger charge is -2.11. The molecule has 0 aromatic heterocycles. The number of hydrogen-bond acceptors (Lipinski definition) is 1. The molecule has 1 aliphatic rings. The standard InChI is InChI=1S/C19H14FNO/c20-16-7-2-1-5-14(16)19(22)21-17-11-10-13-9-8-12-4-3-6-15(17)18(12)13/h1-7,10-11H,8-9H2,(H,21,22). The van der Waals surface area contributed by atoms with E-state index >= 15 is 0 Å². The first-order chi connectivity index (χ1) is 10.7. The van der Waals surface area contributed by atoms with Gasteiger partial charge in [0.15, 0.2) is 0 Å². The molecule has 0 unspecified atom stereocenters. The van der Waals surface area contributed by atoms with Crippen LogP contribution in [0.2, 0.25) is 0 Å². The largest absolute Gasteiger partial charge is 0.321 e. The third-order valence-corrected chi connectivity index (χ3v) is 4.24. The van der Waals surface area contributed by atoms with E-state index in [1.165, 1.54) is 28.6 Å². The SMILES string of the molecule is O=C(Nc1ccc2c3c(cccc13)CC2)c1ccccc1F. The van der Waals surface area contributed by atoms with Crippen LogP contribution in [-0.2, 0) is 12.8 Å². The zero-order chi connectivity index (χ0) is 15.1. The number of benzene rings is 3. The monoisotopic (exact) mass is 291 g/mol. The Morgan fingerprint density at radius 2 is 1.68 bits per heavy atom. The van der Waals surface area contributed by atoms with Gasteiger partial charge in [-0.25, -0.2) is 4.39 Å². The average Bonchev–Trinajstić information content (AvgIpc) is 2.95. The fourth-order valence-corrected chi connectivity index (χ4v) is 3.19. The number of rotatable bonds is 2. The zero-order valence-electron chi connectivity index (χ0n) is 11.9. The van der Waals surface area contributed by atoms with Gasteiger partial charge in [0.2, 0.25) is 0 Å². The van der Waals surface area contributed by atoms with E-state index in [4.69, 9.17) is 0 Å². The third-order valence-electron chi connectivity index (χ3n) is 4.24. The highest BCUT2D eigenvalue weighted by atomic mass is 19.1. The molecule has 3 aromatic carbocycles. The van der Waals surface area contributed by atoms with Crippen molar-refractivity contribution in [1.82, 2.24) is 0 Å². The molecule has 1 amide bonds. The molecular formula is C19H14FNO. The van der Waals surface area contributed by atoms with E-state index in [2.05, 4.69) is 17.4 Å². The van der Waals surface area contributed by atoms with Crippen LogP contribution in [0.3, 0.4) is 0 Å². The van der Waals surface area contributed by atoms with Crippen molar-refractivity contribution in [1.29, 1.82) is 0 Å². The van der Waals surface area contributed by atoms with Crippen LogP contribution in [0.25, 0.3) is 10.8 Å². The van der Waals surface area contributed by atoms with E-state index in [-0.39, 0.29) is 5.56 Å². The van der Waals surface area contributed by atoms with Crippen LogP contribution in [0, 0.1) is 5.82 Å². The second kappa shape index (κ2) is 4.95. The van der Waals surface area contributed by atoms with E-state index < -0.39 is 11.7 Å². The van der Waals surface area contributed by atoms with Crippen LogP contribution >= 0.6 is 0 Å². The van der Waals surface area contributed by atoms with Gasteiger partial charge in [0.25, 0.3) is 5.91 Å². The molecule has 0 fully saturated rings. The minimum absolute atomic E-state index is 0.0609. The number of carbonyl (C=O) groups excluding carboxylic acids is 1. The Bertz CT molecular complexity index is 891. The Labute approximate surface area is 127 Å². The van der Waals surface area contributed by atoms with Gasteiger partial charge in [0, 0.05) is 11.1 Å². The molecule has 108 valence electrons. The molecule has 0 bridgehead atoms. The lowest BCUT2D eigenvalue weighted by molar-refractivity contribution is 0.102. The summed E-state index contributed by atoms with van der Waals surface area (Å²) in [7, 11) is 0. The highest BCUT2D eigenvalue weighted by molar-refractivity contribution is 6.10. The van der Waals surface area contributed by atoms with Crippen LogP contribution in [0.15, 0.2) is 54.6 Å². The molecule has 1 N–H and O–H groups in total. The second-order valence-electron chi connectivity index (χ2n) is 5.55. The zero-order valence-corrected chi connectivity index (χ0v) is 11.9. The topological polar surface area (TPSA) is 29.1 Å². The van der Waals surface area contributed by atoms with Crippen molar-refractivity contribution in [3.05, 3.63) is 77.1 Å². The molecule has 1 aliphatic carbocycles. The van der Waals surface area contributed by atoms with Gasteiger partial charge < -0.3 is 5.32 Å². The van der Waals surface area contributed by atoms with Crippen molar-refractivity contribution < 1.29 is 9.18 Å². The van der Waals surface area contributed by atoms with Crippen LogP contribution in [0.5, 0.6) is 0 Å². The van der Waals surface area contributed by atoms with E-state index in [9.17, 15) is 9.18 Å². The van der Waals surface area contributed by atoms with E-state index in [0.717, 1.165) is 23.9 Å². The highest BCUT2D eigenvalue weighted by Gasteiger charge is 2.17. The Hall–Kier alpha value is -2.68. The minimum Gasteiger partial charge on any atom is -0.321 e. The summed E-state index contributed by atoms with van der Waals surface area (Å²) in [6, 6.07) is 16.1. The molecule has 0 atom stereocenters. The van der Waals surface area contributed by atoms with E-state index in [1.807, 2.05) is 18.2 Å². The Balaban J connectivity index is 1.77. The molecule has 0 radical (unpaired) electrons. The molecule has 22 heavy (non-hydrogen) atoms. The smallest absolute Gasteiger partial charge is 0.258 e. The summed E-state index contributed by atoms with van der Waals surface area (Å²) in [4.78, 5) is 12.3. The molecule has 0 heterocycles. The molecule has 0 saturated heterocycles. The van der Waals surface area contributed by atoms with Crippen molar-refractivity contribution in [2.75, 3.05) is 5.32 Å².